The highest BCUT2D eigenvalue weighted by Gasteiger charge is 2.17. The molecule has 21 heavy (non-hydrogen) atoms. The summed E-state index contributed by atoms with van der Waals surface area (Å²) in [5.41, 5.74) is 1.80. The van der Waals surface area contributed by atoms with Crippen molar-refractivity contribution in [2.45, 2.75) is 0 Å². The van der Waals surface area contributed by atoms with Crippen LogP contribution in [0.1, 0.15) is 20.0 Å². The van der Waals surface area contributed by atoms with Gasteiger partial charge in [-0.15, -0.1) is 11.3 Å². The van der Waals surface area contributed by atoms with Crippen LogP contribution in [0.2, 0.25) is 0 Å². The van der Waals surface area contributed by atoms with E-state index < -0.39 is 5.97 Å². The summed E-state index contributed by atoms with van der Waals surface area (Å²) in [7, 11) is 1.87. The van der Waals surface area contributed by atoms with Crippen molar-refractivity contribution in [3.63, 3.8) is 0 Å². The molecule has 0 aliphatic rings. The van der Waals surface area contributed by atoms with Crippen LogP contribution in [0.3, 0.4) is 0 Å². The minimum absolute atomic E-state index is 0.128. The second kappa shape index (κ2) is 5.06. The van der Waals surface area contributed by atoms with Crippen molar-refractivity contribution in [2.24, 2.45) is 7.05 Å². The van der Waals surface area contributed by atoms with E-state index in [0.717, 1.165) is 22.2 Å². The normalized spacial score (nSPS) is 10.7. The van der Waals surface area contributed by atoms with Gasteiger partial charge in [0, 0.05) is 24.1 Å². The highest BCUT2D eigenvalue weighted by Crippen LogP contribution is 2.25. The van der Waals surface area contributed by atoms with Crippen LogP contribution in [0.5, 0.6) is 0 Å². The van der Waals surface area contributed by atoms with Gasteiger partial charge in [-0.2, -0.15) is 0 Å². The molecular weight excluding hydrogens is 288 g/mol. The Bertz CT molecular complexity index is 848. The Labute approximate surface area is 124 Å². The molecule has 2 N–H and O–H groups in total. The molecule has 0 radical (unpaired) electrons. The van der Waals surface area contributed by atoms with Gasteiger partial charge in [0.1, 0.15) is 4.88 Å². The van der Waals surface area contributed by atoms with E-state index in [1.165, 1.54) is 0 Å². The molecule has 0 saturated carbocycles. The number of carboxylic acids is 1. The summed E-state index contributed by atoms with van der Waals surface area (Å²) in [6.45, 7) is 0. The Balaban J connectivity index is 1.98. The number of nitrogens with one attached hydrogen (secondary N) is 1. The van der Waals surface area contributed by atoms with Crippen LogP contribution in [0.4, 0.5) is 5.69 Å². The number of fused-ring (bicyclic) bond motifs is 1. The summed E-state index contributed by atoms with van der Waals surface area (Å²) < 4.78 is 1.87. The Kier molecular flexibility index (Phi) is 3.23. The first-order valence-electron chi connectivity index (χ1n) is 6.24. The topological polar surface area (TPSA) is 71.3 Å². The zero-order chi connectivity index (χ0) is 15.0. The molecule has 6 heteroatoms. The van der Waals surface area contributed by atoms with Crippen molar-refractivity contribution in [3.05, 3.63) is 52.3 Å². The first-order chi connectivity index (χ1) is 10.1. The highest BCUT2D eigenvalue weighted by molar-refractivity contribution is 7.12. The molecule has 1 aromatic carbocycles. The van der Waals surface area contributed by atoms with Gasteiger partial charge in [-0.1, -0.05) is 18.2 Å². The van der Waals surface area contributed by atoms with E-state index in [2.05, 4.69) is 5.32 Å². The van der Waals surface area contributed by atoms with Gasteiger partial charge in [-0.3, -0.25) is 4.79 Å². The maximum atomic E-state index is 12.4. The summed E-state index contributed by atoms with van der Waals surface area (Å²) in [6, 6.07) is 9.17. The molecule has 1 amide bonds. The van der Waals surface area contributed by atoms with Crippen molar-refractivity contribution >= 4 is 39.8 Å². The van der Waals surface area contributed by atoms with E-state index in [9.17, 15) is 9.59 Å². The molecule has 2 heterocycles. The number of carbonyl (C=O) groups is 2. The summed E-state index contributed by atoms with van der Waals surface area (Å²) in [6.07, 6.45) is 1.74. The van der Waals surface area contributed by atoms with E-state index in [4.69, 9.17) is 5.11 Å². The fraction of sp³-hybridized carbons (Fsp3) is 0.0667. The zero-order valence-electron chi connectivity index (χ0n) is 11.2. The molecule has 0 unspecified atom stereocenters. The predicted molar refractivity (Wildman–Crippen MR) is 82.2 cm³/mol. The number of benzene rings is 1. The summed E-state index contributed by atoms with van der Waals surface area (Å²) in [5, 5.41) is 14.2. The molecule has 0 fully saturated rings. The average molecular weight is 300 g/mol. The number of para-hydroxylation sites is 1. The fourth-order valence-corrected chi connectivity index (χ4v) is 2.97. The van der Waals surface area contributed by atoms with Gasteiger partial charge in [0.2, 0.25) is 0 Å². The first kappa shape index (κ1) is 13.4. The van der Waals surface area contributed by atoms with Crippen LogP contribution in [-0.2, 0) is 7.05 Å². The Hall–Kier alpha value is -2.60. The van der Waals surface area contributed by atoms with Gasteiger partial charge in [-0.25, -0.2) is 4.79 Å². The number of aromatic nitrogens is 1. The number of aryl methyl sites for hydroxylation is 1. The molecule has 0 bridgehead atoms. The number of amides is 1. The standard InChI is InChI=1S/C15H12N2O3S/c1-17-8-10(9-4-2-3-5-12(9)17)14(18)16-11-6-7-21-13(11)15(19)20/h2-8H,1H3,(H,16,18)(H,19,20). The smallest absolute Gasteiger partial charge is 0.348 e. The van der Waals surface area contributed by atoms with Gasteiger partial charge in [0.25, 0.3) is 5.91 Å². The molecule has 3 aromatic rings. The summed E-state index contributed by atoms with van der Waals surface area (Å²) in [4.78, 5) is 23.6. The van der Waals surface area contributed by atoms with E-state index >= 15 is 0 Å². The number of aromatic carboxylic acids is 1. The number of carbonyl (C=O) groups excluding carboxylic acids is 1. The predicted octanol–water partition coefficient (Wildman–Crippen LogP) is 3.19. The lowest BCUT2D eigenvalue weighted by molar-refractivity contribution is 0.0703. The van der Waals surface area contributed by atoms with Crippen molar-refractivity contribution in [1.82, 2.24) is 4.57 Å². The lowest BCUT2D eigenvalue weighted by Gasteiger charge is -2.03. The quantitative estimate of drug-likeness (QED) is 0.780. The SMILES string of the molecule is Cn1cc(C(=O)Nc2ccsc2C(=O)O)c2ccccc21. The second-order valence-corrected chi connectivity index (χ2v) is 5.51. The Morgan fingerprint density at radius 1 is 1.24 bits per heavy atom. The maximum Gasteiger partial charge on any atom is 0.348 e. The van der Waals surface area contributed by atoms with Gasteiger partial charge < -0.3 is 15.0 Å². The second-order valence-electron chi connectivity index (χ2n) is 4.59. The molecule has 2 aromatic heterocycles. The van der Waals surface area contributed by atoms with Crippen molar-refractivity contribution < 1.29 is 14.7 Å². The largest absolute Gasteiger partial charge is 0.477 e. The van der Waals surface area contributed by atoms with Crippen molar-refractivity contribution in [2.75, 3.05) is 5.32 Å². The Morgan fingerprint density at radius 2 is 2.00 bits per heavy atom. The third kappa shape index (κ3) is 2.30. The van der Waals surface area contributed by atoms with Crippen LogP contribution in [0.25, 0.3) is 10.9 Å². The third-order valence-corrected chi connectivity index (χ3v) is 4.15. The number of anilines is 1. The van der Waals surface area contributed by atoms with E-state index in [-0.39, 0.29) is 10.8 Å². The molecular formula is C15H12N2O3S. The van der Waals surface area contributed by atoms with Crippen molar-refractivity contribution in [3.8, 4) is 0 Å². The molecule has 0 aliphatic carbocycles. The minimum atomic E-state index is -1.04. The number of rotatable bonds is 3. The molecule has 0 spiro atoms. The van der Waals surface area contributed by atoms with E-state index in [1.54, 1.807) is 17.6 Å². The van der Waals surface area contributed by atoms with Crippen LogP contribution in [0, 0.1) is 0 Å². The number of hydrogen-bond acceptors (Lipinski definition) is 3. The summed E-state index contributed by atoms with van der Waals surface area (Å²) in [5.74, 6) is -1.36. The molecule has 0 atom stereocenters. The molecule has 106 valence electrons. The van der Waals surface area contributed by atoms with Gasteiger partial charge in [0.05, 0.1) is 11.3 Å². The van der Waals surface area contributed by atoms with Crippen LogP contribution in [-0.4, -0.2) is 21.6 Å². The number of carboxylic acid groups (broad SMARTS) is 1. The lowest BCUT2D eigenvalue weighted by Crippen LogP contribution is -2.13. The van der Waals surface area contributed by atoms with Crippen LogP contribution < -0.4 is 5.32 Å². The monoisotopic (exact) mass is 300 g/mol. The third-order valence-electron chi connectivity index (χ3n) is 3.25. The highest BCUT2D eigenvalue weighted by atomic mass is 32.1. The van der Waals surface area contributed by atoms with Crippen molar-refractivity contribution in [1.29, 1.82) is 0 Å². The molecule has 5 nitrogen and oxygen atoms in total. The number of hydrogen-bond donors (Lipinski definition) is 2. The maximum absolute atomic E-state index is 12.4. The summed E-state index contributed by atoms with van der Waals surface area (Å²) >= 11 is 1.08. The van der Waals surface area contributed by atoms with Gasteiger partial charge in [0.15, 0.2) is 0 Å². The van der Waals surface area contributed by atoms with Gasteiger partial charge in [-0.05, 0) is 17.5 Å². The minimum Gasteiger partial charge on any atom is -0.477 e. The van der Waals surface area contributed by atoms with Gasteiger partial charge >= 0.3 is 5.97 Å². The molecule has 0 saturated heterocycles. The number of nitrogens with zero attached hydrogens (tertiary/aromatic N) is 1. The van der Waals surface area contributed by atoms with Crippen LogP contribution in [0.15, 0.2) is 41.9 Å². The Morgan fingerprint density at radius 3 is 2.76 bits per heavy atom. The lowest BCUT2D eigenvalue weighted by atomic mass is 10.1. The number of thiophene rings is 1. The van der Waals surface area contributed by atoms with Crippen LogP contribution >= 0.6 is 11.3 Å². The molecule has 3 rings (SSSR count). The van der Waals surface area contributed by atoms with E-state index in [0.29, 0.717) is 11.3 Å². The van der Waals surface area contributed by atoms with E-state index in [1.807, 2.05) is 35.9 Å². The first-order valence-corrected chi connectivity index (χ1v) is 7.12. The fourth-order valence-electron chi connectivity index (χ4n) is 2.29. The zero-order valence-corrected chi connectivity index (χ0v) is 12.0. The average Bonchev–Trinajstić information content (AvgIpc) is 3.04. The molecule has 0 aliphatic heterocycles.